The van der Waals surface area contributed by atoms with Crippen LogP contribution < -0.4 is 10.6 Å². The lowest BCUT2D eigenvalue weighted by Crippen LogP contribution is -2.15. The SMILES string of the molecule is COCCCNc1ccc(NC(=O)c2ccc(C(C)(C)C)cc2)nc1. The zero-order valence-electron chi connectivity index (χ0n) is 15.4. The Labute approximate surface area is 149 Å². The molecule has 5 heteroatoms. The minimum absolute atomic E-state index is 0.0721. The molecular weight excluding hydrogens is 314 g/mol. The van der Waals surface area contributed by atoms with Crippen molar-refractivity contribution in [1.29, 1.82) is 0 Å². The van der Waals surface area contributed by atoms with Gasteiger partial charge < -0.3 is 15.4 Å². The summed E-state index contributed by atoms with van der Waals surface area (Å²) in [4.78, 5) is 16.6. The summed E-state index contributed by atoms with van der Waals surface area (Å²) >= 11 is 0. The number of hydrogen-bond acceptors (Lipinski definition) is 4. The minimum Gasteiger partial charge on any atom is -0.385 e. The molecule has 0 aliphatic carbocycles. The fraction of sp³-hybridized carbons (Fsp3) is 0.400. The van der Waals surface area contributed by atoms with Crippen molar-refractivity contribution in [2.45, 2.75) is 32.6 Å². The molecule has 0 aliphatic heterocycles. The Hall–Kier alpha value is -2.40. The summed E-state index contributed by atoms with van der Waals surface area (Å²) in [5.74, 6) is 0.376. The third kappa shape index (κ3) is 5.87. The second kappa shape index (κ2) is 8.62. The molecule has 1 aromatic carbocycles. The number of amides is 1. The number of rotatable bonds is 7. The molecule has 2 N–H and O–H groups in total. The second-order valence-corrected chi connectivity index (χ2v) is 6.99. The van der Waals surface area contributed by atoms with Crippen LogP contribution in [0.1, 0.15) is 43.1 Å². The highest BCUT2D eigenvalue weighted by molar-refractivity contribution is 6.03. The molecule has 2 rings (SSSR count). The number of benzene rings is 1. The van der Waals surface area contributed by atoms with Crippen molar-refractivity contribution in [3.63, 3.8) is 0 Å². The molecular formula is C20H27N3O2. The van der Waals surface area contributed by atoms with E-state index in [1.54, 1.807) is 19.4 Å². The van der Waals surface area contributed by atoms with E-state index in [0.717, 1.165) is 25.3 Å². The van der Waals surface area contributed by atoms with Crippen molar-refractivity contribution in [3.05, 3.63) is 53.7 Å². The topological polar surface area (TPSA) is 63.2 Å². The lowest BCUT2D eigenvalue weighted by molar-refractivity contribution is 0.102. The Morgan fingerprint density at radius 2 is 1.84 bits per heavy atom. The van der Waals surface area contributed by atoms with Gasteiger partial charge in [-0.3, -0.25) is 4.79 Å². The third-order valence-electron chi connectivity index (χ3n) is 3.87. The Bertz CT molecular complexity index is 674. The summed E-state index contributed by atoms with van der Waals surface area (Å²) in [7, 11) is 1.69. The molecule has 1 heterocycles. The van der Waals surface area contributed by atoms with Gasteiger partial charge in [-0.05, 0) is 41.7 Å². The van der Waals surface area contributed by atoms with E-state index in [4.69, 9.17) is 4.74 Å². The molecule has 2 aromatic rings. The summed E-state index contributed by atoms with van der Waals surface area (Å²) in [6, 6.07) is 11.4. The van der Waals surface area contributed by atoms with Gasteiger partial charge in [-0.25, -0.2) is 4.98 Å². The van der Waals surface area contributed by atoms with Crippen LogP contribution in [-0.2, 0) is 10.2 Å². The van der Waals surface area contributed by atoms with Crippen molar-refractivity contribution in [1.82, 2.24) is 4.98 Å². The number of carbonyl (C=O) groups excluding carboxylic acids is 1. The van der Waals surface area contributed by atoms with Crippen LogP contribution in [0.25, 0.3) is 0 Å². The number of hydrogen-bond donors (Lipinski definition) is 2. The zero-order chi connectivity index (χ0) is 18.3. The van der Waals surface area contributed by atoms with E-state index in [0.29, 0.717) is 11.4 Å². The first kappa shape index (κ1) is 18.9. The number of pyridine rings is 1. The van der Waals surface area contributed by atoms with E-state index in [9.17, 15) is 4.79 Å². The van der Waals surface area contributed by atoms with Crippen molar-refractivity contribution >= 4 is 17.4 Å². The molecule has 5 nitrogen and oxygen atoms in total. The number of methoxy groups -OCH3 is 1. The monoisotopic (exact) mass is 341 g/mol. The van der Waals surface area contributed by atoms with Gasteiger partial charge in [0, 0.05) is 25.8 Å². The summed E-state index contributed by atoms with van der Waals surface area (Å²) in [6.45, 7) is 7.99. The molecule has 0 radical (unpaired) electrons. The Morgan fingerprint density at radius 1 is 1.12 bits per heavy atom. The van der Waals surface area contributed by atoms with Crippen LogP contribution in [0.3, 0.4) is 0 Å². The average Bonchev–Trinajstić information content (AvgIpc) is 2.59. The van der Waals surface area contributed by atoms with Gasteiger partial charge in [-0.15, -0.1) is 0 Å². The number of carbonyl (C=O) groups is 1. The maximum Gasteiger partial charge on any atom is 0.256 e. The fourth-order valence-corrected chi connectivity index (χ4v) is 2.33. The van der Waals surface area contributed by atoms with E-state index < -0.39 is 0 Å². The molecule has 0 atom stereocenters. The first-order valence-electron chi connectivity index (χ1n) is 8.51. The molecule has 134 valence electrons. The third-order valence-corrected chi connectivity index (χ3v) is 3.87. The van der Waals surface area contributed by atoms with Crippen LogP contribution in [-0.4, -0.2) is 31.2 Å². The van der Waals surface area contributed by atoms with Crippen LogP contribution in [0, 0.1) is 0 Å². The molecule has 0 aliphatic rings. The van der Waals surface area contributed by atoms with Crippen molar-refractivity contribution in [3.8, 4) is 0 Å². The maximum absolute atomic E-state index is 12.3. The standard InChI is InChI=1S/C20H27N3O2/c1-20(2,3)16-8-6-15(7-9-16)19(24)23-18-11-10-17(14-22-18)21-12-5-13-25-4/h6-11,14,21H,5,12-13H2,1-4H3,(H,22,23,24). The normalized spacial score (nSPS) is 11.2. The van der Waals surface area contributed by atoms with Crippen LogP contribution in [0.4, 0.5) is 11.5 Å². The van der Waals surface area contributed by atoms with Crippen LogP contribution in [0.2, 0.25) is 0 Å². The zero-order valence-corrected chi connectivity index (χ0v) is 15.4. The van der Waals surface area contributed by atoms with Crippen LogP contribution in [0.15, 0.2) is 42.6 Å². The molecule has 0 saturated carbocycles. The molecule has 0 bridgehead atoms. The van der Waals surface area contributed by atoms with Gasteiger partial charge in [-0.2, -0.15) is 0 Å². The van der Waals surface area contributed by atoms with Gasteiger partial charge in [0.15, 0.2) is 0 Å². The number of nitrogens with one attached hydrogen (secondary N) is 2. The van der Waals surface area contributed by atoms with E-state index >= 15 is 0 Å². The quantitative estimate of drug-likeness (QED) is 0.745. The second-order valence-electron chi connectivity index (χ2n) is 6.99. The number of anilines is 2. The summed E-state index contributed by atoms with van der Waals surface area (Å²) in [5.41, 5.74) is 2.81. The van der Waals surface area contributed by atoms with Crippen molar-refractivity contribution in [2.24, 2.45) is 0 Å². The molecule has 0 saturated heterocycles. The van der Waals surface area contributed by atoms with Gasteiger partial charge in [0.2, 0.25) is 0 Å². The molecule has 0 spiro atoms. The fourth-order valence-electron chi connectivity index (χ4n) is 2.33. The van der Waals surface area contributed by atoms with Gasteiger partial charge in [0.25, 0.3) is 5.91 Å². The summed E-state index contributed by atoms with van der Waals surface area (Å²) < 4.78 is 5.01. The van der Waals surface area contributed by atoms with Crippen LogP contribution in [0.5, 0.6) is 0 Å². The first-order chi connectivity index (χ1) is 11.9. The number of aromatic nitrogens is 1. The Kier molecular flexibility index (Phi) is 6.53. The minimum atomic E-state index is -0.159. The van der Waals surface area contributed by atoms with Crippen molar-refractivity contribution in [2.75, 3.05) is 30.9 Å². The van der Waals surface area contributed by atoms with E-state index in [1.807, 2.05) is 30.3 Å². The Balaban J connectivity index is 1.92. The van der Waals surface area contributed by atoms with Gasteiger partial charge in [0.05, 0.1) is 11.9 Å². The molecule has 0 unspecified atom stereocenters. The van der Waals surface area contributed by atoms with Crippen LogP contribution >= 0.6 is 0 Å². The Morgan fingerprint density at radius 3 is 2.40 bits per heavy atom. The molecule has 0 fully saturated rings. The average molecular weight is 341 g/mol. The highest BCUT2D eigenvalue weighted by Crippen LogP contribution is 2.22. The number of nitrogens with zero attached hydrogens (tertiary/aromatic N) is 1. The van der Waals surface area contributed by atoms with E-state index in [-0.39, 0.29) is 11.3 Å². The number of ether oxygens (including phenoxy) is 1. The summed E-state index contributed by atoms with van der Waals surface area (Å²) in [6.07, 6.45) is 2.64. The van der Waals surface area contributed by atoms with E-state index in [1.165, 1.54) is 5.56 Å². The first-order valence-corrected chi connectivity index (χ1v) is 8.51. The lowest BCUT2D eigenvalue weighted by Gasteiger charge is -2.19. The van der Waals surface area contributed by atoms with Gasteiger partial charge >= 0.3 is 0 Å². The molecule has 1 aromatic heterocycles. The van der Waals surface area contributed by atoms with Gasteiger partial charge in [-0.1, -0.05) is 32.9 Å². The summed E-state index contributed by atoms with van der Waals surface area (Å²) in [5, 5.41) is 6.08. The predicted octanol–water partition coefficient (Wildman–Crippen LogP) is 4.08. The maximum atomic E-state index is 12.3. The molecule has 25 heavy (non-hydrogen) atoms. The highest BCUT2D eigenvalue weighted by Gasteiger charge is 2.14. The smallest absolute Gasteiger partial charge is 0.256 e. The molecule has 1 amide bonds. The van der Waals surface area contributed by atoms with Crippen molar-refractivity contribution < 1.29 is 9.53 Å². The van der Waals surface area contributed by atoms with Gasteiger partial charge in [0.1, 0.15) is 5.82 Å². The van der Waals surface area contributed by atoms with E-state index in [2.05, 4.69) is 36.4 Å². The lowest BCUT2D eigenvalue weighted by atomic mass is 9.87. The predicted molar refractivity (Wildman–Crippen MR) is 102 cm³/mol. The highest BCUT2D eigenvalue weighted by atomic mass is 16.5. The largest absolute Gasteiger partial charge is 0.385 e.